The lowest BCUT2D eigenvalue weighted by Gasteiger charge is -2.28. The van der Waals surface area contributed by atoms with E-state index in [0.717, 1.165) is 4.90 Å². The second-order valence-corrected chi connectivity index (χ2v) is 6.60. The number of morpholine rings is 1. The van der Waals surface area contributed by atoms with Crippen LogP contribution in [-0.4, -0.2) is 43.2 Å². The quantitative estimate of drug-likeness (QED) is 0.482. The molecule has 2 amide bonds. The van der Waals surface area contributed by atoms with E-state index in [-0.39, 0.29) is 16.4 Å². The van der Waals surface area contributed by atoms with Crippen molar-refractivity contribution < 1.29 is 23.1 Å². The SMILES string of the molecule is O=C1NC(=S)N(c2cccc(F)c2)C(=O)/C1=C/c1ccc(N2CCOCC2)o1. The van der Waals surface area contributed by atoms with Crippen molar-refractivity contribution in [1.29, 1.82) is 0 Å². The number of benzene rings is 1. The maximum absolute atomic E-state index is 13.6. The number of halogens is 1. The summed E-state index contributed by atoms with van der Waals surface area (Å²) in [6, 6.07) is 8.87. The Morgan fingerprint density at radius 1 is 1.14 bits per heavy atom. The van der Waals surface area contributed by atoms with Gasteiger partial charge in [-0.05, 0) is 42.6 Å². The van der Waals surface area contributed by atoms with Gasteiger partial charge in [0.05, 0.1) is 18.9 Å². The van der Waals surface area contributed by atoms with Gasteiger partial charge < -0.3 is 14.1 Å². The van der Waals surface area contributed by atoms with Crippen LogP contribution in [0.25, 0.3) is 6.08 Å². The summed E-state index contributed by atoms with van der Waals surface area (Å²) >= 11 is 5.10. The van der Waals surface area contributed by atoms with E-state index in [4.69, 9.17) is 21.4 Å². The molecule has 0 aliphatic carbocycles. The summed E-state index contributed by atoms with van der Waals surface area (Å²) in [7, 11) is 0. The van der Waals surface area contributed by atoms with Gasteiger partial charge in [-0.15, -0.1) is 0 Å². The molecule has 2 aromatic rings. The first-order valence-corrected chi connectivity index (χ1v) is 9.03. The maximum atomic E-state index is 13.6. The highest BCUT2D eigenvalue weighted by molar-refractivity contribution is 7.80. The minimum atomic E-state index is -0.649. The van der Waals surface area contributed by atoms with E-state index in [1.165, 1.54) is 30.3 Å². The summed E-state index contributed by atoms with van der Waals surface area (Å²) in [5, 5.41) is 2.35. The molecule has 1 N–H and O–H groups in total. The smallest absolute Gasteiger partial charge is 0.270 e. The Labute approximate surface area is 165 Å². The predicted octanol–water partition coefficient (Wildman–Crippen LogP) is 2.09. The third-order valence-electron chi connectivity index (χ3n) is 4.39. The lowest BCUT2D eigenvalue weighted by molar-refractivity contribution is -0.122. The Kier molecular flexibility index (Phi) is 4.93. The topological polar surface area (TPSA) is 75.0 Å². The summed E-state index contributed by atoms with van der Waals surface area (Å²) in [6.07, 6.45) is 1.36. The third-order valence-corrected chi connectivity index (χ3v) is 4.67. The van der Waals surface area contributed by atoms with Crippen molar-refractivity contribution in [2.24, 2.45) is 0 Å². The average Bonchev–Trinajstić information content (AvgIpc) is 3.14. The van der Waals surface area contributed by atoms with Crippen LogP contribution in [0.5, 0.6) is 0 Å². The number of thiocarbonyl (C=S) groups is 1. The fraction of sp³-hybridized carbons (Fsp3) is 0.211. The molecule has 2 aliphatic rings. The molecule has 144 valence electrons. The van der Waals surface area contributed by atoms with E-state index in [0.29, 0.717) is 37.9 Å². The normalized spacial score (nSPS) is 19.3. The molecule has 7 nitrogen and oxygen atoms in total. The van der Waals surface area contributed by atoms with Gasteiger partial charge in [-0.3, -0.25) is 19.8 Å². The molecule has 4 rings (SSSR count). The zero-order valence-corrected chi connectivity index (χ0v) is 15.5. The van der Waals surface area contributed by atoms with Crippen LogP contribution in [0.1, 0.15) is 5.76 Å². The standard InChI is InChI=1S/C19H16FN3O4S/c20-12-2-1-3-13(10-12)23-18(25)15(17(24)21-19(23)28)11-14-4-5-16(27-14)22-6-8-26-9-7-22/h1-5,10-11H,6-9H2,(H,21,24,28)/b15-11+. The van der Waals surface area contributed by atoms with E-state index >= 15 is 0 Å². The van der Waals surface area contributed by atoms with Crippen LogP contribution in [0.3, 0.4) is 0 Å². The number of amides is 2. The van der Waals surface area contributed by atoms with Crippen LogP contribution < -0.4 is 15.1 Å². The molecule has 9 heteroatoms. The Hall–Kier alpha value is -3.04. The number of furan rings is 1. The van der Waals surface area contributed by atoms with Gasteiger partial charge in [0.25, 0.3) is 11.8 Å². The molecule has 0 radical (unpaired) electrons. The van der Waals surface area contributed by atoms with Crippen LogP contribution in [0.4, 0.5) is 16.0 Å². The van der Waals surface area contributed by atoms with Crippen molar-refractivity contribution >= 4 is 46.8 Å². The van der Waals surface area contributed by atoms with Crippen LogP contribution in [-0.2, 0) is 14.3 Å². The molecule has 0 spiro atoms. The van der Waals surface area contributed by atoms with Crippen molar-refractivity contribution in [1.82, 2.24) is 5.32 Å². The molecule has 1 aromatic carbocycles. The summed E-state index contributed by atoms with van der Waals surface area (Å²) in [4.78, 5) is 28.3. The van der Waals surface area contributed by atoms with Crippen LogP contribution >= 0.6 is 12.2 Å². The van der Waals surface area contributed by atoms with Crippen molar-refractivity contribution in [3.8, 4) is 0 Å². The molecule has 1 aromatic heterocycles. The van der Waals surface area contributed by atoms with E-state index in [9.17, 15) is 14.0 Å². The van der Waals surface area contributed by atoms with Gasteiger partial charge >= 0.3 is 0 Å². The first-order chi connectivity index (χ1) is 13.5. The third kappa shape index (κ3) is 3.54. The molecule has 2 fully saturated rings. The summed E-state index contributed by atoms with van der Waals surface area (Å²) in [6.45, 7) is 2.62. The number of rotatable bonds is 3. The number of carbonyl (C=O) groups is 2. The molecule has 0 unspecified atom stereocenters. The minimum absolute atomic E-state index is 0.105. The second kappa shape index (κ2) is 7.53. The molecular weight excluding hydrogens is 385 g/mol. The lowest BCUT2D eigenvalue weighted by atomic mass is 10.1. The molecule has 2 aliphatic heterocycles. The zero-order valence-electron chi connectivity index (χ0n) is 14.7. The summed E-state index contributed by atoms with van der Waals surface area (Å²) in [5.74, 6) is -0.810. The summed E-state index contributed by atoms with van der Waals surface area (Å²) in [5.41, 5.74) is 0.0788. The number of hydrogen-bond acceptors (Lipinski definition) is 6. The molecule has 2 saturated heterocycles. The number of nitrogens with one attached hydrogen (secondary N) is 1. The van der Waals surface area contributed by atoms with Crippen molar-refractivity contribution in [2.75, 3.05) is 36.1 Å². The van der Waals surface area contributed by atoms with E-state index in [2.05, 4.69) is 5.32 Å². The van der Waals surface area contributed by atoms with Gasteiger partial charge in [0, 0.05) is 19.2 Å². The van der Waals surface area contributed by atoms with Gasteiger partial charge in [-0.25, -0.2) is 4.39 Å². The molecule has 0 saturated carbocycles. The van der Waals surface area contributed by atoms with E-state index < -0.39 is 17.6 Å². The maximum Gasteiger partial charge on any atom is 0.270 e. The Morgan fingerprint density at radius 3 is 2.68 bits per heavy atom. The first-order valence-electron chi connectivity index (χ1n) is 8.62. The Balaban J connectivity index is 1.63. The highest BCUT2D eigenvalue weighted by Crippen LogP contribution is 2.25. The summed E-state index contributed by atoms with van der Waals surface area (Å²) < 4.78 is 24.6. The highest BCUT2D eigenvalue weighted by atomic mass is 32.1. The Morgan fingerprint density at radius 2 is 1.93 bits per heavy atom. The highest BCUT2D eigenvalue weighted by Gasteiger charge is 2.35. The number of carbonyl (C=O) groups excluding carboxylic acids is 2. The number of ether oxygens (including phenoxy) is 1. The fourth-order valence-electron chi connectivity index (χ4n) is 3.02. The number of nitrogens with zero attached hydrogens (tertiary/aromatic N) is 2. The number of anilines is 2. The fourth-order valence-corrected chi connectivity index (χ4v) is 3.30. The monoisotopic (exact) mass is 401 g/mol. The molecule has 0 atom stereocenters. The van der Waals surface area contributed by atoms with Gasteiger partial charge in [0.1, 0.15) is 17.2 Å². The Bertz CT molecular complexity index is 981. The molecule has 28 heavy (non-hydrogen) atoms. The van der Waals surface area contributed by atoms with Crippen molar-refractivity contribution in [3.05, 3.63) is 53.5 Å². The van der Waals surface area contributed by atoms with Crippen LogP contribution in [0, 0.1) is 5.82 Å². The lowest BCUT2D eigenvalue weighted by Crippen LogP contribution is -2.54. The van der Waals surface area contributed by atoms with Gasteiger partial charge in [0.2, 0.25) is 0 Å². The van der Waals surface area contributed by atoms with Gasteiger partial charge in [-0.2, -0.15) is 0 Å². The largest absolute Gasteiger partial charge is 0.441 e. The molecular formula is C19H16FN3O4S. The van der Waals surface area contributed by atoms with Gasteiger partial charge in [-0.1, -0.05) is 6.07 Å². The van der Waals surface area contributed by atoms with Gasteiger partial charge in [0.15, 0.2) is 11.0 Å². The molecule has 0 bridgehead atoms. The zero-order chi connectivity index (χ0) is 19.7. The minimum Gasteiger partial charge on any atom is -0.441 e. The van der Waals surface area contributed by atoms with Crippen molar-refractivity contribution in [2.45, 2.75) is 0 Å². The number of hydrogen-bond donors (Lipinski definition) is 1. The van der Waals surface area contributed by atoms with Crippen molar-refractivity contribution in [3.63, 3.8) is 0 Å². The second-order valence-electron chi connectivity index (χ2n) is 6.21. The van der Waals surface area contributed by atoms with Crippen LogP contribution in [0.15, 0.2) is 46.4 Å². The predicted molar refractivity (Wildman–Crippen MR) is 104 cm³/mol. The van der Waals surface area contributed by atoms with E-state index in [1.54, 1.807) is 12.1 Å². The van der Waals surface area contributed by atoms with E-state index in [1.807, 2.05) is 4.90 Å². The average molecular weight is 401 g/mol. The van der Waals surface area contributed by atoms with Crippen LogP contribution in [0.2, 0.25) is 0 Å². The molecule has 3 heterocycles. The first kappa shape index (κ1) is 18.3.